The van der Waals surface area contributed by atoms with Gasteiger partial charge in [-0.2, -0.15) is 5.10 Å². The SMILES string of the molecule is CCC(C)n1ccc(CC(O)c2ccc(C3CC3C)o2)n1. The summed E-state index contributed by atoms with van der Waals surface area (Å²) in [6.45, 7) is 6.51. The zero-order valence-corrected chi connectivity index (χ0v) is 13.0. The van der Waals surface area contributed by atoms with E-state index in [9.17, 15) is 5.11 Å². The van der Waals surface area contributed by atoms with Crippen LogP contribution < -0.4 is 0 Å². The molecule has 0 aliphatic heterocycles. The highest BCUT2D eigenvalue weighted by molar-refractivity contribution is 5.19. The first kappa shape index (κ1) is 14.4. The average Bonchev–Trinajstić information content (AvgIpc) is 2.91. The number of hydrogen-bond acceptors (Lipinski definition) is 3. The first-order valence-corrected chi connectivity index (χ1v) is 7.90. The lowest BCUT2D eigenvalue weighted by Gasteiger charge is -2.09. The van der Waals surface area contributed by atoms with Crippen molar-refractivity contribution >= 4 is 0 Å². The Kier molecular flexibility index (Phi) is 3.89. The topological polar surface area (TPSA) is 51.2 Å². The van der Waals surface area contributed by atoms with E-state index in [1.165, 1.54) is 6.42 Å². The van der Waals surface area contributed by atoms with E-state index in [1.54, 1.807) is 0 Å². The van der Waals surface area contributed by atoms with Crippen molar-refractivity contribution in [2.24, 2.45) is 5.92 Å². The standard InChI is InChI=1S/C17H24N2O2/c1-4-12(3)19-8-7-13(18-19)10-15(20)17-6-5-16(21-17)14-9-11(14)2/h5-8,11-12,14-15,20H,4,9-10H2,1-3H3. The molecule has 3 rings (SSSR count). The number of furan rings is 1. The van der Waals surface area contributed by atoms with Gasteiger partial charge in [-0.25, -0.2) is 0 Å². The van der Waals surface area contributed by atoms with Gasteiger partial charge in [-0.15, -0.1) is 0 Å². The number of aliphatic hydroxyl groups is 1. The Morgan fingerprint density at radius 1 is 1.43 bits per heavy atom. The maximum absolute atomic E-state index is 10.3. The lowest BCUT2D eigenvalue weighted by atomic mass is 10.1. The predicted octanol–water partition coefficient (Wildman–Crippen LogP) is 3.85. The van der Waals surface area contributed by atoms with E-state index < -0.39 is 6.10 Å². The van der Waals surface area contributed by atoms with Gasteiger partial charge in [-0.3, -0.25) is 4.68 Å². The van der Waals surface area contributed by atoms with Crippen LogP contribution in [0.5, 0.6) is 0 Å². The summed E-state index contributed by atoms with van der Waals surface area (Å²) in [5.41, 5.74) is 0.903. The van der Waals surface area contributed by atoms with Gasteiger partial charge in [-0.1, -0.05) is 13.8 Å². The third kappa shape index (κ3) is 3.05. The fourth-order valence-electron chi connectivity index (χ4n) is 2.68. The first-order valence-electron chi connectivity index (χ1n) is 7.90. The van der Waals surface area contributed by atoms with Crippen molar-refractivity contribution in [1.82, 2.24) is 9.78 Å². The maximum atomic E-state index is 10.3. The second-order valence-corrected chi connectivity index (χ2v) is 6.32. The molecule has 1 saturated carbocycles. The van der Waals surface area contributed by atoms with Crippen molar-refractivity contribution in [1.29, 1.82) is 0 Å². The largest absolute Gasteiger partial charge is 0.463 e. The van der Waals surface area contributed by atoms with E-state index >= 15 is 0 Å². The fourth-order valence-corrected chi connectivity index (χ4v) is 2.68. The molecular weight excluding hydrogens is 264 g/mol. The molecule has 0 bridgehead atoms. The highest BCUT2D eigenvalue weighted by Crippen LogP contribution is 2.47. The molecule has 4 unspecified atom stereocenters. The van der Waals surface area contributed by atoms with Gasteiger partial charge in [0.25, 0.3) is 0 Å². The third-order valence-electron chi connectivity index (χ3n) is 4.56. The predicted molar refractivity (Wildman–Crippen MR) is 81.1 cm³/mol. The second-order valence-electron chi connectivity index (χ2n) is 6.32. The molecule has 1 aliphatic rings. The van der Waals surface area contributed by atoms with Crippen LogP contribution in [-0.2, 0) is 6.42 Å². The Labute approximate surface area is 125 Å². The summed E-state index contributed by atoms with van der Waals surface area (Å²) in [5.74, 6) is 2.94. The molecule has 1 N–H and O–H groups in total. The molecule has 2 aromatic rings. The number of aliphatic hydroxyl groups excluding tert-OH is 1. The quantitative estimate of drug-likeness (QED) is 0.878. The van der Waals surface area contributed by atoms with Crippen LogP contribution in [0.15, 0.2) is 28.8 Å². The van der Waals surface area contributed by atoms with Crippen LogP contribution in [0.2, 0.25) is 0 Å². The molecule has 0 saturated heterocycles. The lowest BCUT2D eigenvalue weighted by Crippen LogP contribution is -2.06. The van der Waals surface area contributed by atoms with Gasteiger partial charge in [0.1, 0.15) is 17.6 Å². The van der Waals surface area contributed by atoms with Crippen LogP contribution in [0, 0.1) is 5.92 Å². The van der Waals surface area contributed by atoms with E-state index in [0.29, 0.717) is 30.1 Å². The minimum Gasteiger partial charge on any atom is -0.463 e. The molecule has 2 aromatic heterocycles. The summed E-state index contributed by atoms with van der Waals surface area (Å²) in [6.07, 6.45) is 4.10. The summed E-state index contributed by atoms with van der Waals surface area (Å²) in [5, 5.41) is 14.8. The van der Waals surface area contributed by atoms with Crippen LogP contribution in [0.4, 0.5) is 0 Å². The van der Waals surface area contributed by atoms with E-state index in [2.05, 4.69) is 25.9 Å². The average molecular weight is 288 g/mol. The number of aromatic nitrogens is 2. The Morgan fingerprint density at radius 2 is 2.19 bits per heavy atom. The Bertz CT molecular complexity index is 601. The zero-order valence-electron chi connectivity index (χ0n) is 13.0. The maximum Gasteiger partial charge on any atom is 0.133 e. The minimum absolute atomic E-state index is 0.391. The van der Waals surface area contributed by atoms with Crippen LogP contribution in [-0.4, -0.2) is 14.9 Å². The summed E-state index contributed by atoms with van der Waals surface area (Å²) in [4.78, 5) is 0. The first-order chi connectivity index (χ1) is 10.1. The van der Waals surface area contributed by atoms with E-state index in [1.807, 2.05) is 29.1 Å². The minimum atomic E-state index is -0.618. The van der Waals surface area contributed by atoms with Gasteiger partial charge in [0.2, 0.25) is 0 Å². The molecule has 21 heavy (non-hydrogen) atoms. The molecular formula is C17H24N2O2. The molecule has 4 atom stereocenters. The molecule has 4 heteroatoms. The monoisotopic (exact) mass is 288 g/mol. The second kappa shape index (κ2) is 5.68. The van der Waals surface area contributed by atoms with Gasteiger partial charge in [-0.05, 0) is 43.9 Å². The summed E-state index contributed by atoms with van der Waals surface area (Å²) < 4.78 is 7.76. The van der Waals surface area contributed by atoms with E-state index in [0.717, 1.165) is 17.9 Å². The number of hydrogen-bond donors (Lipinski definition) is 1. The zero-order chi connectivity index (χ0) is 15.0. The van der Waals surface area contributed by atoms with Crippen LogP contribution in [0.25, 0.3) is 0 Å². The van der Waals surface area contributed by atoms with Gasteiger partial charge in [0.05, 0.1) is 5.69 Å². The van der Waals surface area contributed by atoms with Gasteiger partial charge in [0, 0.05) is 24.6 Å². The molecule has 0 aromatic carbocycles. The van der Waals surface area contributed by atoms with Crippen molar-refractivity contribution in [2.75, 3.05) is 0 Å². The van der Waals surface area contributed by atoms with Crippen molar-refractivity contribution in [2.45, 2.75) is 58.1 Å². The van der Waals surface area contributed by atoms with Crippen molar-refractivity contribution < 1.29 is 9.52 Å². The number of nitrogens with zero attached hydrogens (tertiary/aromatic N) is 2. The highest BCUT2D eigenvalue weighted by Gasteiger charge is 2.36. The normalized spacial score (nSPS) is 24.0. The molecule has 1 aliphatic carbocycles. The Morgan fingerprint density at radius 3 is 2.86 bits per heavy atom. The van der Waals surface area contributed by atoms with Gasteiger partial charge >= 0.3 is 0 Å². The van der Waals surface area contributed by atoms with Gasteiger partial charge in [0.15, 0.2) is 0 Å². The third-order valence-corrected chi connectivity index (χ3v) is 4.56. The van der Waals surface area contributed by atoms with E-state index in [-0.39, 0.29) is 0 Å². The lowest BCUT2D eigenvalue weighted by molar-refractivity contribution is 0.146. The molecule has 0 radical (unpaired) electrons. The van der Waals surface area contributed by atoms with Crippen molar-refractivity contribution in [3.05, 3.63) is 41.6 Å². The summed E-state index contributed by atoms with van der Waals surface area (Å²) >= 11 is 0. The fraction of sp³-hybridized carbons (Fsp3) is 0.588. The van der Waals surface area contributed by atoms with Gasteiger partial charge < -0.3 is 9.52 Å². The van der Waals surface area contributed by atoms with E-state index in [4.69, 9.17) is 4.42 Å². The molecule has 0 amide bonds. The van der Waals surface area contributed by atoms with Crippen LogP contribution in [0.3, 0.4) is 0 Å². The summed E-state index contributed by atoms with van der Waals surface area (Å²) in [7, 11) is 0. The Balaban J connectivity index is 1.64. The van der Waals surface area contributed by atoms with Crippen LogP contribution in [0.1, 0.15) is 68.9 Å². The highest BCUT2D eigenvalue weighted by atomic mass is 16.4. The Hall–Kier alpha value is -1.55. The molecule has 2 heterocycles. The number of rotatable bonds is 6. The molecule has 0 spiro atoms. The van der Waals surface area contributed by atoms with Crippen molar-refractivity contribution in [3.8, 4) is 0 Å². The smallest absolute Gasteiger partial charge is 0.133 e. The van der Waals surface area contributed by atoms with Crippen molar-refractivity contribution in [3.63, 3.8) is 0 Å². The molecule has 114 valence electrons. The molecule has 4 nitrogen and oxygen atoms in total. The molecule has 1 fully saturated rings. The van der Waals surface area contributed by atoms with Crippen LogP contribution >= 0.6 is 0 Å². The summed E-state index contributed by atoms with van der Waals surface area (Å²) in [6, 6.07) is 6.27.